The fourth-order valence-corrected chi connectivity index (χ4v) is 4.26. The maximum absolute atomic E-state index is 12.4. The Morgan fingerprint density at radius 1 is 1.24 bits per heavy atom. The molecule has 6 heteroatoms. The third-order valence-electron chi connectivity index (χ3n) is 5.39. The standard InChI is InChI=1S/C19H28ClN3O2/c20-17-8-2-1-7-16(17)18(22-9-3-4-10-22)12-21-19(25)13-23-11-5-6-15(23)14-24/h1-2,7-8,15,18,24H,3-6,9-14H2,(H,21,25). The molecule has 5 nitrogen and oxygen atoms in total. The first-order chi connectivity index (χ1) is 12.2. The molecule has 0 bridgehead atoms. The van der Waals surface area contributed by atoms with Crippen LogP contribution in [-0.2, 0) is 4.79 Å². The van der Waals surface area contributed by atoms with Gasteiger partial charge in [-0.3, -0.25) is 14.6 Å². The summed E-state index contributed by atoms with van der Waals surface area (Å²) in [5.74, 6) is 0.0246. The van der Waals surface area contributed by atoms with Crippen LogP contribution >= 0.6 is 11.6 Å². The van der Waals surface area contributed by atoms with E-state index in [4.69, 9.17) is 11.6 Å². The van der Waals surface area contributed by atoms with E-state index in [-0.39, 0.29) is 24.6 Å². The Bertz CT molecular complexity index is 578. The second-order valence-electron chi connectivity index (χ2n) is 7.03. The lowest BCUT2D eigenvalue weighted by Gasteiger charge is -2.29. The van der Waals surface area contributed by atoms with Crippen molar-refractivity contribution < 1.29 is 9.90 Å². The van der Waals surface area contributed by atoms with Gasteiger partial charge >= 0.3 is 0 Å². The quantitative estimate of drug-likeness (QED) is 0.776. The lowest BCUT2D eigenvalue weighted by atomic mass is 10.1. The zero-order valence-electron chi connectivity index (χ0n) is 14.7. The van der Waals surface area contributed by atoms with E-state index in [2.05, 4.69) is 21.2 Å². The number of hydrogen-bond acceptors (Lipinski definition) is 4. The summed E-state index contributed by atoms with van der Waals surface area (Å²) >= 11 is 6.41. The molecule has 1 amide bonds. The van der Waals surface area contributed by atoms with Crippen LogP contribution in [0, 0.1) is 0 Å². The van der Waals surface area contributed by atoms with Crippen molar-refractivity contribution in [2.75, 3.05) is 39.3 Å². The van der Waals surface area contributed by atoms with Crippen molar-refractivity contribution in [1.82, 2.24) is 15.1 Å². The van der Waals surface area contributed by atoms with Gasteiger partial charge in [-0.05, 0) is 56.9 Å². The summed E-state index contributed by atoms with van der Waals surface area (Å²) in [5.41, 5.74) is 1.08. The number of aliphatic hydroxyl groups is 1. The van der Waals surface area contributed by atoms with E-state index in [0.717, 1.165) is 43.1 Å². The molecule has 2 atom stereocenters. The highest BCUT2D eigenvalue weighted by Gasteiger charge is 2.28. The molecule has 1 aromatic carbocycles. The highest BCUT2D eigenvalue weighted by molar-refractivity contribution is 6.31. The van der Waals surface area contributed by atoms with Crippen LogP contribution in [0.1, 0.15) is 37.3 Å². The van der Waals surface area contributed by atoms with Gasteiger partial charge in [0.25, 0.3) is 0 Å². The maximum atomic E-state index is 12.4. The van der Waals surface area contributed by atoms with E-state index in [1.54, 1.807) is 0 Å². The normalized spacial score (nSPS) is 23.0. The van der Waals surface area contributed by atoms with Crippen molar-refractivity contribution in [3.63, 3.8) is 0 Å². The van der Waals surface area contributed by atoms with Crippen molar-refractivity contribution in [3.8, 4) is 0 Å². The number of nitrogens with zero attached hydrogens (tertiary/aromatic N) is 2. The average Bonchev–Trinajstić information content (AvgIpc) is 3.28. The van der Waals surface area contributed by atoms with E-state index >= 15 is 0 Å². The second kappa shape index (κ2) is 8.99. The fourth-order valence-electron chi connectivity index (χ4n) is 4.00. The molecule has 2 unspecified atom stereocenters. The number of aliphatic hydroxyl groups excluding tert-OH is 1. The van der Waals surface area contributed by atoms with E-state index in [1.165, 1.54) is 12.8 Å². The molecular weight excluding hydrogens is 338 g/mol. The number of carbonyl (C=O) groups is 1. The first kappa shape index (κ1) is 18.6. The summed E-state index contributed by atoms with van der Waals surface area (Å²) in [5, 5.41) is 13.2. The Hall–Kier alpha value is -1.14. The minimum absolute atomic E-state index is 0.0246. The number of nitrogens with one attached hydrogen (secondary N) is 1. The van der Waals surface area contributed by atoms with Crippen molar-refractivity contribution in [1.29, 1.82) is 0 Å². The van der Waals surface area contributed by atoms with E-state index in [0.29, 0.717) is 13.1 Å². The van der Waals surface area contributed by atoms with Gasteiger partial charge in [0.15, 0.2) is 0 Å². The predicted molar refractivity (Wildman–Crippen MR) is 99.7 cm³/mol. The highest BCUT2D eigenvalue weighted by Crippen LogP contribution is 2.29. The molecule has 2 heterocycles. The number of halogens is 1. The van der Waals surface area contributed by atoms with Gasteiger partial charge in [0.2, 0.25) is 5.91 Å². The minimum Gasteiger partial charge on any atom is -0.395 e. The number of rotatable bonds is 7. The zero-order valence-corrected chi connectivity index (χ0v) is 15.4. The van der Waals surface area contributed by atoms with Gasteiger partial charge < -0.3 is 10.4 Å². The number of amides is 1. The highest BCUT2D eigenvalue weighted by atomic mass is 35.5. The Labute approximate surface area is 154 Å². The molecule has 2 aliphatic heterocycles. The smallest absolute Gasteiger partial charge is 0.234 e. The van der Waals surface area contributed by atoms with E-state index in [9.17, 15) is 9.90 Å². The lowest BCUT2D eigenvalue weighted by Crippen LogP contribution is -2.43. The maximum Gasteiger partial charge on any atom is 0.234 e. The first-order valence-electron chi connectivity index (χ1n) is 9.29. The molecule has 0 aromatic heterocycles. The largest absolute Gasteiger partial charge is 0.395 e. The Balaban J connectivity index is 1.60. The molecule has 0 radical (unpaired) electrons. The van der Waals surface area contributed by atoms with Crippen LogP contribution in [0.2, 0.25) is 5.02 Å². The van der Waals surface area contributed by atoms with E-state index < -0.39 is 0 Å². The number of hydrogen-bond donors (Lipinski definition) is 2. The van der Waals surface area contributed by atoms with Gasteiger partial charge in [-0.2, -0.15) is 0 Å². The summed E-state index contributed by atoms with van der Waals surface area (Å²) in [7, 11) is 0. The van der Waals surface area contributed by atoms with Crippen molar-refractivity contribution in [2.45, 2.75) is 37.8 Å². The third kappa shape index (κ3) is 4.73. The summed E-state index contributed by atoms with van der Waals surface area (Å²) in [6.07, 6.45) is 4.41. The zero-order chi connectivity index (χ0) is 17.6. The van der Waals surface area contributed by atoms with Gasteiger partial charge in [-0.1, -0.05) is 29.8 Å². The predicted octanol–water partition coefficient (Wildman–Crippen LogP) is 2.05. The van der Waals surface area contributed by atoms with Crippen LogP contribution in [0.15, 0.2) is 24.3 Å². The van der Waals surface area contributed by atoms with Crippen molar-refractivity contribution in [3.05, 3.63) is 34.9 Å². The molecule has 2 aliphatic rings. The van der Waals surface area contributed by atoms with Gasteiger partial charge in [0.1, 0.15) is 0 Å². The average molecular weight is 366 g/mol. The summed E-state index contributed by atoms with van der Waals surface area (Å²) in [4.78, 5) is 16.9. The second-order valence-corrected chi connectivity index (χ2v) is 7.44. The summed E-state index contributed by atoms with van der Waals surface area (Å²) < 4.78 is 0. The fraction of sp³-hybridized carbons (Fsp3) is 0.632. The molecule has 1 aromatic rings. The third-order valence-corrected chi connectivity index (χ3v) is 5.74. The van der Waals surface area contributed by atoms with Gasteiger partial charge in [0.05, 0.1) is 19.2 Å². The Morgan fingerprint density at radius 3 is 2.72 bits per heavy atom. The SMILES string of the molecule is O=C(CN1CCCC1CO)NCC(c1ccccc1Cl)N1CCCC1. The molecule has 2 fully saturated rings. The number of benzene rings is 1. The van der Waals surface area contributed by atoms with Crippen molar-refractivity contribution >= 4 is 17.5 Å². The van der Waals surface area contributed by atoms with Crippen LogP contribution in [0.3, 0.4) is 0 Å². The van der Waals surface area contributed by atoms with Crippen LogP contribution in [0.5, 0.6) is 0 Å². The number of carbonyl (C=O) groups excluding carboxylic acids is 1. The first-order valence-corrected chi connectivity index (χ1v) is 9.67. The summed E-state index contributed by atoms with van der Waals surface area (Å²) in [6, 6.07) is 8.16. The van der Waals surface area contributed by atoms with E-state index in [1.807, 2.05) is 18.2 Å². The molecule has 138 valence electrons. The Kier molecular flexibility index (Phi) is 6.70. The van der Waals surface area contributed by atoms with Crippen LogP contribution < -0.4 is 5.32 Å². The molecular formula is C19H28ClN3O2. The van der Waals surface area contributed by atoms with Gasteiger partial charge in [-0.25, -0.2) is 0 Å². The molecule has 2 saturated heterocycles. The van der Waals surface area contributed by atoms with Crippen molar-refractivity contribution in [2.24, 2.45) is 0 Å². The molecule has 2 N–H and O–H groups in total. The number of likely N-dealkylation sites (tertiary alicyclic amines) is 2. The topological polar surface area (TPSA) is 55.8 Å². The minimum atomic E-state index is 0.0246. The van der Waals surface area contributed by atoms with Crippen LogP contribution in [-0.4, -0.2) is 66.2 Å². The lowest BCUT2D eigenvalue weighted by molar-refractivity contribution is -0.122. The molecule has 0 spiro atoms. The van der Waals surface area contributed by atoms with Crippen LogP contribution in [0.4, 0.5) is 0 Å². The molecule has 3 rings (SSSR count). The van der Waals surface area contributed by atoms with Gasteiger partial charge in [-0.15, -0.1) is 0 Å². The monoisotopic (exact) mass is 365 g/mol. The summed E-state index contributed by atoms with van der Waals surface area (Å²) in [6.45, 7) is 4.04. The van der Waals surface area contributed by atoms with Gasteiger partial charge in [0, 0.05) is 17.6 Å². The van der Waals surface area contributed by atoms with Crippen LogP contribution in [0.25, 0.3) is 0 Å². The molecule has 25 heavy (non-hydrogen) atoms. The molecule has 0 aliphatic carbocycles. The Morgan fingerprint density at radius 2 is 2.00 bits per heavy atom. The molecule has 0 saturated carbocycles.